The summed E-state index contributed by atoms with van der Waals surface area (Å²) in [6.07, 6.45) is 1.28. The number of nitrogens with two attached hydrogens (primary N) is 1. The van der Waals surface area contributed by atoms with Crippen molar-refractivity contribution in [3.8, 4) is 0 Å². The number of hydrogen-bond acceptors (Lipinski definition) is 5. The van der Waals surface area contributed by atoms with Crippen molar-refractivity contribution in [3.05, 3.63) is 53.7 Å². The van der Waals surface area contributed by atoms with Gasteiger partial charge in [-0.3, -0.25) is 14.4 Å². The molecular formula is C18H21N3O4. The Morgan fingerprint density at radius 2 is 1.88 bits per heavy atom. The zero-order valence-corrected chi connectivity index (χ0v) is 14.2. The van der Waals surface area contributed by atoms with Crippen molar-refractivity contribution in [2.75, 3.05) is 0 Å². The average Bonchev–Trinajstić information content (AvgIpc) is 3.03. The molecule has 2 rings (SSSR count). The standard InChI is InChI=1S/C18H21N3O4/c1-11(2)16-13(20-10-25-16)9-15(22)18(24)21-14(17(19)23)8-12-6-4-3-5-7-12/h3-7,10-11,14H,8-9H2,1-2H3,(H2,19,23)(H,21,24)/t14-/m0/s1. The Kier molecular flexibility index (Phi) is 6.05. The summed E-state index contributed by atoms with van der Waals surface area (Å²) in [6, 6.07) is 8.15. The van der Waals surface area contributed by atoms with Gasteiger partial charge in [0.1, 0.15) is 11.8 Å². The molecule has 1 atom stereocenters. The highest BCUT2D eigenvalue weighted by Crippen LogP contribution is 2.18. The van der Waals surface area contributed by atoms with Gasteiger partial charge in [0.05, 0.1) is 12.1 Å². The Bertz CT molecular complexity index is 753. The van der Waals surface area contributed by atoms with Crippen molar-refractivity contribution >= 4 is 17.6 Å². The lowest BCUT2D eigenvalue weighted by atomic mass is 10.0. The van der Waals surface area contributed by atoms with E-state index >= 15 is 0 Å². The number of ketones is 1. The number of primary amides is 1. The van der Waals surface area contributed by atoms with E-state index in [2.05, 4.69) is 10.3 Å². The van der Waals surface area contributed by atoms with Gasteiger partial charge in [-0.1, -0.05) is 44.2 Å². The number of nitrogens with one attached hydrogen (secondary N) is 1. The van der Waals surface area contributed by atoms with Crippen LogP contribution in [0.15, 0.2) is 41.1 Å². The molecule has 0 fully saturated rings. The molecule has 3 N–H and O–H groups in total. The molecule has 0 bridgehead atoms. The van der Waals surface area contributed by atoms with Gasteiger partial charge in [-0.05, 0) is 5.56 Å². The SMILES string of the molecule is CC(C)c1ocnc1CC(=O)C(=O)N[C@@H](Cc1ccccc1)C(N)=O. The van der Waals surface area contributed by atoms with Crippen molar-refractivity contribution < 1.29 is 18.8 Å². The topological polar surface area (TPSA) is 115 Å². The van der Waals surface area contributed by atoms with E-state index in [1.54, 1.807) is 0 Å². The first-order valence-electron chi connectivity index (χ1n) is 7.97. The molecule has 2 aromatic rings. The van der Waals surface area contributed by atoms with Gasteiger partial charge in [0.2, 0.25) is 11.7 Å². The maximum atomic E-state index is 12.1. The van der Waals surface area contributed by atoms with Crippen LogP contribution in [0, 0.1) is 0 Å². The number of carbonyl (C=O) groups is 3. The fourth-order valence-electron chi connectivity index (χ4n) is 2.42. The van der Waals surface area contributed by atoms with E-state index in [1.807, 2.05) is 44.2 Å². The second-order valence-corrected chi connectivity index (χ2v) is 6.04. The fourth-order valence-corrected chi connectivity index (χ4v) is 2.42. The van der Waals surface area contributed by atoms with Gasteiger partial charge >= 0.3 is 0 Å². The third kappa shape index (κ3) is 5.00. The van der Waals surface area contributed by atoms with Crippen LogP contribution in [0.3, 0.4) is 0 Å². The third-order valence-corrected chi connectivity index (χ3v) is 3.71. The van der Waals surface area contributed by atoms with Gasteiger partial charge in [-0.25, -0.2) is 4.98 Å². The minimum atomic E-state index is -0.958. The predicted molar refractivity (Wildman–Crippen MR) is 90.6 cm³/mol. The molecule has 0 aliphatic heterocycles. The second-order valence-electron chi connectivity index (χ2n) is 6.04. The summed E-state index contributed by atoms with van der Waals surface area (Å²) in [5.74, 6) is -1.65. The van der Waals surface area contributed by atoms with E-state index in [0.717, 1.165) is 5.56 Å². The number of amides is 2. The second kappa shape index (κ2) is 8.23. The van der Waals surface area contributed by atoms with Crippen LogP contribution in [-0.2, 0) is 27.2 Å². The number of aromatic nitrogens is 1. The largest absolute Gasteiger partial charge is 0.448 e. The number of benzene rings is 1. The van der Waals surface area contributed by atoms with Gasteiger partial charge in [0.25, 0.3) is 5.91 Å². The van der Waals surface area contributed by atoms with Crippen molar-refractivity contribution in [2.45, 2.75) is 38.6 Å². The molecular weight excluding hydrogens is 322 g/mol. The number of hydrogen-bond donors (Lipinski definition) is 2. The molecule has 1 aromatic heterocycles. The average molecular weight is 343 g/mol. The van der Waals surface area contributed by atoms with Gasteiger partial charge in [-0.2, -0.15) is 0 Å². The molecule has 0 saturated carbocycles. The van der Waals surface area contributed by atoms with E-state index in [1.165, 1.54) is 6.39 Å². The highest BCUT2D eigenvalue weighted by molar-refractivity contribution is 6.37. The molecule has 7 nitrogen and oxygen atoms in total. The van der Waals surface area contributed by atoms with Gasteiger partial charge < -0.3 is 15.5 Å². The Morgan fingerprint density at radius 3 is 2.48 bits per heavy atom. The lowest BCUT2D eigenvalue weighted by Gasteiger charge is -2.15. The fraction of sp³-hybridized carbons (Fsp3) is 0.333. The van der Waals surface area contributed by atoms with Crippen molar-refractivity contribution in [1.29, 1.82) is 0 Å². The zero-order chi connectivity index (χ0) is 18.4. The van der Waals surface area contributed by atoms with Gasteiger partial charge in [0.15, 0.2) is 6.39 Å². The quantitative estimate of drug-likeness (QED) is 0.697. The minimum Gasteiger partial charge on any atom is -0.448 e. The highest BCUT2D eigenvalue weighted by Gasteiger charge is 2.25. The van der Waals surface area contributed by atoms with Crippen LogP contribution in [0.1, 0.15) is 36.8 Å². The van der Waals surface area contributed by atoms with Crippen LogP contribution in [0.25, 0.3) is 0 Å². The first kappa shape index (κ1) is 18.4. The number of rotatable bonds is 8. The summed E-state index contributed by atoms with van der Waals surface area (Å²) in [4.78, 5) is 39.9. The maximum absolute atomic E-state index is 12.1. The first-order valence-corrected chi connectivity index (χ1v) is 7.97. The number of Topliss-reactive ketones (excluding diaryl/α,β-unsaturated/α-hetero) is 1. The van der Waals surface area contributed by atoms with Crippen molar-refractivity contribution in [2.24, 2.45) is 5.73 Å². The van der Waals surface area contributed by atoms with Crippen LogP contribution < -0.4 is 11.1 Å². The van der Waals surface area contributed by atoms with Crippen LogP contribution >= 0.6 is 0 Å². The van der Waals surface area contributed by atoms with Gasteiger partial charge in [-0.15, -0.1) is 0 Å². The number of nitrogens with zero attached hydrogens (tertiary/aromatic N) is 1. The van der Waals surface area contributed by atoms with Crippen LogP contribution in [0.4, 0.5) is 0 Å². The smallest absolute Gasteiger partial charge is 0.288 e. The molecule has 0 aliphatic rings. The van der Waals surface area contributed by atoms with E-state index in [4.69, 9.17) is 10.2 Å². The van der Waals surface area contributed by atoms with Gasteiger partial charge in [0, 0.05) is 12.3 Å². The predicted octanol–water partition coefficient (Wildman–Crippen LogP) is 1.12. The molecule has 1 heterocycles. The Labute approximate surface area is 145 Å². The Hall–Kier alpha value is -2.96. The van der Waals surface area contributed by atoms with E-state index in [9.17, 15) is 14.4 Å². The summed E-state index contributed by atoms with van der Waals surface area (Å²) < 4.78 is 5.24. The molecule has 0 radical (unpaired) electrons. The molecule has 0 spiro atoms. The molecule has 0 saturated heterocycles. The molecule has 25 heavy (non-hydrogen) atoms. The summed E-state index contributed by atoms with van der Waals surface area (Å²) in [5, 5.41) is 2.40. The molecule has 132 valence electrons. The van der Waals surface area contributed by atoms with E-state index in [0.29, 0.717) is 11.5 Å². The molecule has 7 heteroatoms. The van der Waals surface area contributed by atoms with Crippen LogP contribution in [0.2, 0.25) is 0 Å². The molecule has 2 amide bonds. The lowest BCUT2D eigenvalue weighted by molar-refractivity contribution is -0.139. The Balaban J connectivity index is 2.01. The third-order valence-electron chi connectivity index (χ3n) is 3.71. The zero-order valence-electron chi connectivity index (χ0n) is 14.2. The maximum Gasteiger partial charge on any atom is 0.288 e. The van der Waals surface area contributed by atoms with Crippen molar-refractivity contribution in [3.63, 3.8) is 0 Å². The first-order chi connectivity index (χ1) is 11.9. The number of carbonyl (C=O) groups excluding carboxylic acids is 3. The molecule has 0 unspecified atom stereocenters. The van der Waals surface area contributed by atoms with Crippen LogP contribution in [-0.4, -0.2) is 28.6 Å². The van der Waals surface area contributed by atoms with Crippen molar-refractivity contribution in [1.82, 2.24) is 10.3 Å². The van der Waals surface area contributed by atoms with E-state index < -0.39 is 23.6 Å². The highest BCUT2D eigenvalue weighted by atomic mass is 16.3. The lowest BCUT2D eigenvalue weighted by Crippen LogP contribution is -2.48. The summed E-state index contributed by atoms with van der Waals surface area (Å²) in [6.45, 7) is 3.80. The monoisotopic (exact) mass is 343 g/mol. The summed E-state index contributed by atoms with van der Waals surface area (Å²) in [5.41, 5.74) is 6.60. The summed E-state index contributed by atoms with van der Waals surface area (Å²) >= 11 is 0. The number of oxazole rings is 1. The van der Waals surface area contributed by atoms with Crippen LogP contribution in [0.5, 0.6) is 0 Å². The van der Waals surface area contributed by atoms with E-state index in [-0.39, 0.29) is 18.8 Å². The minimum absolute atomic E-state index is 0.0461. The molecule has 0 aliphatic carbocycles. The Morgan fingerprint density at radius 1 is 1.20 bits per heavy atom. The normalized spacial score (nSPS) is 12.0. The molecule has 1 aromatic carbocycles. The summed E-state index contributed by atoms with van der Waals surface area (Å²) in [7, 11) is 0.